The van der Waals surface area contributed by atoms with Crippen molar-refractivity contribution in [1.82, 2.24) is 0 Å². The van der Waals surface area contributed by atoms with Crippen molar-refractivity contribution in [2.75, 3.05) is 6.61 Å². The van der Waals surface area contributed by atoms with Gasteiger partial charge in [0.2, 0.25) is 5.82 Å². The van der Waals surface area contributed by atoms with Crippen LogP contribution in [0.4, 0.5) is 22.0 Å². The van der Waals surface area contributed by atoms with E-state index in [1.807, 2.05) is 0 Å². The number of ether oxygens (including phenoxy) is 1. The summed E-state index contributed by atoms with van der Waals surface area (Å²) < 4.78 is 65.2. The van der Waals surface area contributed by atoms with Crippen molar-refractivity contribution in [3.8, 4) is 5.75 Å². The second-order valence-electron chi connectivity index (χ2n) is 3.09. The van der Waals surface area contributed by atoms with Gasteiger partial charge in [-0.2, -0.15) is 17.6 Å². The summed E-state index contributed by atoms with van der Waals surface area (Å²) in [6, 6.07) is 1.02. The molecule has 17 heavy (non-hydrogen) atoms. The van der Waals surface area contributed by atoms with Gasteiger partial charge in [-0.1, -0.05) is 0 Å². The van der Waals surface area contributed by atoms with Gasteiger partial charge in [-0.3, -0.25) is 0 Å². The van der Waals surface area contributed by atoms with Gasteiger partial charge in [-0.15, -0.1) is 0 Å². The maximum atomic E-state index is 13.0. The summed E-state index contributed by atoms with van der Waals surface area (Å²) in [5, 5.41) is 17.4. The van der Waals surface area contributed by atoms with Crippen LogP contribution in [0.5, 0.6) is 5.75 Å². The number of rotatable bonds is 3. The highest BCUT2D eigenvalue weighted by Gasteiger charge is 2.29. The van der Waals surface area contributed by atoms with Gasteiger partial charge in [-0.05, 0) is 17.6 Å². The molecule has 0 fully saturated rings. The molecular formula is C8H6BF5O3. The van der Waals surface area contributed by atoms with E-state index < -0.39 is 42.7 Å². The molecule has 0 saturated heterocycles. The van der Waals surface area contributed by atoms with Gasteiger partial charge in [0.05, 0.1) is 0 Å². The number of hydrogen-bond acceptors (Lipinski definition) is 3. The summed E-state index contributed by atoms with van der Waals surface area (Å²) in [7, 11) is -2.14. The summed E-state index contributed by atoms with van der Waals surface area (Å²) in [6.45, 7) is -1.81. The van der Waals surface area contributed by atoms with Gasteiger partial charge in [-0.25, -0.2) is 4.39 Å². The largest absolute Gasteiger partial charge is 0.488 e. The van der Waals surface area contributed by atoms with Crippen molar-refractivity contribution in [2.24, 2.45) is 0 Å². The molecule has 0 saturated carbocycles. The van der Waals surface area contributed by atoms with Crippen LogP contribution < -0.4 is 10.2 Å². The predicted molar refractivity (Wildman–Crippen MR) is 47.7 cm³/mol. The third kappa shape index (κ3) is 3.86. The Hall–Kier alpha value is -1.35. The first-order valence-corrected chi connectivity index (χ1v) is 4.25. The van der Waals surface area contributed by atoms with Crippen LogP contribution in [0.3, 0.4) is 0 Å². The second-order valence-corrected chi connectivity index (χ2v) is 3.09. The molecule has 3 nitrogen and oxygen atoms in total. The molecule has 0 amide bonds. The van der Waals surface area contributed by atoms with E-state index >= 15 is 0 Å². The van der Waals surface area contributed by atoms with Gasteiger partial charge in [0.25, 0.3) is 0 Å². The van der Waals surface area contributed by atoms with Gasteiger partial charge < -0.3 is 14.8 Å². The fourth-order valence-electron chi connectivity index (χ4n) is 0.997. The van der Waals surface area contributed by atoms with Gasteiger partial charge in [0.15, 0.2) is 18.2 Å². The molecule has 0 unspecified atom stereocenters. The van der Waals surface area contributed by atoms with E-state index in [0.717, 1.165) is 0 Å². The quantitative estimate of drug-likeness (QED) is 0.614. The Morgan fingerprint density at radius 1 is 1.18 bits per heavy atom. The smallest absolute Gasteiger partial charge is 0.481 e. The molecule has 1 aromatic rings. The normalized spacial score (nSPS) is 11.5. The van der Waals surface area contributed by atoms with Crippen LogP contribution in [-0.2, 0) is 0 Å². The Labute approximate surface area is 92.6 Å². The minimum atomic E-state index is -4.71. The zero-order valence-corrected chi connectivity index (χ0v) is 8.13. The molecule has 0 radical (unpaired) electrons. The zero-order valence-electron chi connectivity index (χ0n) is 8.13. The number of benzene rings is 1. The lowest BCUT2D eigenvalue weighted by Gasteiger charge is -2.11. The van der Waals surface area contributed by atoms with Gasteiger partial charge in [0.1, 0.15) is 0 Å². The number of halogens is 5. The molecule has 0 aliphatic carbocycles. The van der Waals surface area contributed by atoms with E-state index in [4.69, 9.17) is 10.0 Å². The lowest BCUT2D eigenvalue weighted by Crippen LogP contribution is -2.31. The van der Waals surface area contributed by atoms with E-state index in [9.17, 15) is 22.0 Å². The van der Waals surface area contributed by atoms with E-state index in [2.05, 4.69) is 4.74 Å². The lowest BCUT2D eigenvalue weighted by atomic mass is 9.80. The van der Waals surface area contributed by atoms with E-state index in [-0.39, 0.29) is 0 Å². The first-order valence-electron chi connectivity index (χ1n) is 4.25. The molecule has 0 aliphatic heterocycles. The molecule has 1 rings (SSSR count). The highest BCUT2D eigenvalue weighted by molar-refractivity contribution is 6.58. The summed E-state index contributed by atoms with van der Waals surface area (Å²) >= 11 is 0. The van der Waals surface area contributed by atoms with Gasteiger partial charge in [0, 0.05) is 0 Å². The van der Waals surface area contributed by atoms with Crippen molar-refractivity contribution in [1.29, 1.82) is 0 Å². The average molecular weight is 256 g/mol. The monoisotopic (exact) mass is 256 g/mol. The first kappa shape index (κ1) is 13.7. The molecule has 0 bridgehead atoms. The molecule has 94 valence electrons. The van der Waals surface area contributed by atoms with Gasteiger partial charge >= 0.3 is 13.3 Å². The van der Waals surface area contributed by atoms with Crippen LogP contribution in [0, 0.1) is 11.6 Å². The SMILES string of the molecule is OB(O)c1cc(F)c(F)c(OCC(F)(F)F)c1. The van der Waals surface area contributed by atoms with Crippen molar-refractivity contribution in [2.45, 2.75) is 6.18 Å². The molecule has 0 aliphatic rings. The van der Waals surface area contributed by atoms with Crippen LogP contribution in [0.15, 0.2) is 12.1 Å². The first-order chi connectivity index (χ1) is 7.70. The topological polar surface area (TPSA) is 49.7 Å². The second kappa shape index (κ2) is 4.88. The molecule has 0 aromatic heterocycles. The number of alkyl halides is 3. The summed E-state index contributed by atoms with van der Waals surface area (Å²) in [4.78, 5) is 0. The fourth-order valence-corrected chi connectivity index (χ4v) is 0.997. The van der Waals surface area contributed by atoms with E-state index in [1.54, 1.807) is 0 Å². The van der Waals surface area contributed by atoms with E-state index in [1.165, 1.54) is 0 Å². The van der Waals surface area contributed by atoms with Crippen molar-refractivity contribution in [3.05, 3.63) is 23.8 Å². The Morgan fingerprint density at radius 2 is 1.76 bits per heavy atom. The minimum Gasteiger partial charge on any atom is -0.481 e. The Kier molecular flexibility index (Phi) is 3.94. The Balaban J connectivity index is 2.98. The molecule has 0 atom stereocenters. The zero-order chi connectivity index (χ0) is 13.2. The summed E-state index contributed by atoms with van der Waals surface area (Å²) in [5.74, 6) is -4.20. The molecular weight excluding hydrogens is 250 g/mol. The third-order valence-corrected chi connectivity index (χ3v) is 1.71. The predicted octanol–water partition coefficient (Wildman–Crippen LogP) is 0.586. The standard InChI is InChI=1S/C8H6BF5O3/c10-5-1-4(9(15)16)2-6(7(5)11)17-3-8(12,13)14/h1-2,15-16H,3H2. The Bertz CT molecular complexity index is 407. The van der Waals surface area contributed by atoms with Crippen molar-refractivity contribution < 1.29 is 36.7 Å². The van der Waals surface area contributed by atoms with Crippen molar-refractivity contribution >= 4 is 12.6 Å². The Morgan fingerprint density at radius 3 is 2.24 bits per heavy atom. The van der Waals surface area contributed by atoms with Crippen molar-refractivity contribution in [3.63, 3.8) is 0 Å². The minimum absolute atomic E-state index is 0.445. The lowest BCUT2D eigenvalue weighted by molar-refractivity contribution is -0.153. The third-order valence-electron chi connectivity index (χ3n) is 1.71. The van der Waals surface area contributed by atoms with Crippen LogP contribution in [0.1, 0.15) is 0 Å². The maximum Gasteiger partial charge on any atom is 0.488 e. The molecule has 2 N–H and O–H groups in total. The average Bonchev–Trinajstić information content (AvgIpc) is 2.18. The molecule has 9 heteroatoms. The summed E-state index contributed by atoms with van der Waals surface area (Å²) in [6.07, 6.45) is -4.71. The molecule has 0 spiro atoms. The van der Waals surface area contributed by atoms with Crippen LogP contribution in [-0.4, -0.2) is 29.9 Å². The van der Waals surface area contributed by atoms with Crippen LogP contribution >= 0.6 is 0 Å². The maximum absolute atomic E-state index is 13.0. The molecule has 1 aromatic carbocycles. The molecule has 0 heterocycles. The van der Waals surface area contributed by atoms with Crippen LogP contribution in [0.25, 0.3) is 0 Å². The fraction of sp³-hybridized carbons (Fsp3) is 0.250. The van der Waals surface area contributed by atoms with Crippen LogP contribution in [0.2, 0.25) is 0 Å². The van der Waals surface area contributed by atoms with E-state index in [0.29, 0.717) is 12.1 Å². The highest BCUT2D eigenvalue weighted by Crippen LogP contribution is 2.22. The highest BCUT2D eigenvalue weighted by atomic mass is 19.4. The number of hydrogen-bond donors (Lipinski definition) is 2. The summed E-state index contributed by atoms with van der Waals surface area (Å²) in [5.41, 5.74) is -0.513.